The van der Waals surface area contributed by atoms with Crippen molar-refractivity contribution in [1.82, 2.24) is 9.97 Å². The highest BCUT2D eigenvalue weighted by Gasteiger charge is 2.19. The van der Waals surface area contributed by atoms with Gasteiger partial charge in [-0.25, -0.2) is 9.97 Å². The molecule has 0 radical (unpaired) electrons. The number of methoxy groups -OCH3 is 1. The lowest BCUT2D eigenvalue weighted by atomic mass is 9.86. The van der Waals surface area contributed by atoms with Crippen molar-refractivity contribution in [2.45, 2.75) is 31.7 Å². The van der Waals surface area contributed by atoms with Crippen LogP contribution in [0.2, 0.25) is 5.02 Å². The Kier molecular flexibility index (Phi) is 6.50. The fraction of sp³-hybridized carbons (Fsp3) is 0.333. The summed E-state index contributed by atoms with van der Waals surface area (Å²) in [6.07, 6.45) is 8.43. The van der Waals surface area contributed by atoms with Gasteiger partial charge in [0, 0.05) is 23.0 Å². The van der Waals surface area contributed by atoms with Crippen LogP contribution in [0.4, 0.5) is 5.82 Å². The van der Waals surface area contributed by atoms with E-state index in [0.29, 0.717) is 17.8 Å². The van der Waals surface area contributed by atoms with Gasteiger partial charge in [-0.05, 0) is 73.6 Å². The Bertz CT molecular complexity index is 1030. The second kappa shape index (κ2) is 9.45. The highest BCUT2D eigenvalue weighted by atomic mass is 35.5. The van der Waals surface area contributed by atoms with Gasteiger partial charge in [0.1, 0.15) is 11.6 Å². The lowest BCUT2D eigenvalue weighted by Gasteiger charge is -2.26. The van der Waals surface area contributed by atoms with Gasteiger partial charge < -0.3 is 15.8 Å². The predicted octanol–water partition coefficient (Wildman–Crippen LogP) is 5.39. The van der Waals surface area contributed by atoms with Crippen molar-refractivity contribution >= 4 is 40.5 Å². The van der Waals surface area contributed by atoms with Crippen molar-refractivity contribution in [2.24, 2.45) is 11.7 Å². The molecule has 1 heterocycles. The van der Waals surface area contributed by atoms with E-state index >= 15 is 0 Å². The van der Waals surface area contributed by atoms with Gasteiger partial charge in [-0.1, -0.05) is 29.8 Å². The standard InChI is InChI=1S/C24H27ClN4O/c1-30-20-11-12-22-21(14-20)24(27-15-17-4-9-19(26)10-5-17)29-23(28-22)13-6-16-2-7-18(25)8-3-16/h2-3,6-8,11-14,17,19H,4-5,9-10,15,26H2,1H3,(H,27,28,29). The molecular weight excluding hydrogens is 396 g/mol. The maximum atomic E-state index is 6.05. The van der Waals surface area contributed by atoms with E-state index in [-0.39, 0.29) is 0 Å². The molecule has 0 spiro atoms. The predicted molar refractivity (Wildman–Crippen MR) is 125 cm³/mol. The summed E-state index contributed by atoms with van der Waals surface area (Å²) in [6.45, 7) is 0.885. The minimum absolute atomic E-state index is 0.356. The van der Waals surface area contributed by atoms with Gasteiger partial charge in [0.15, 0.2) is 5.82 Å². The third-order valence-corrected chi connectivity index (χ3v) is 5.92. The average Bonchev–Trinajstić information content (AvgIpc) is 2.78. The Labute approximate surface area is 182 Å². The molecule has 0 amide bonds. The van der Waals surface area contributed by atoms with Crippen molar-refractivity contribution < 1.29 is 4.74 Å². The fourth-order valence-corrected chi connectivity index (χ4v) is 3.97. The number of nitrogens with two attached hydrogens (primary N) is 1. The number of benzene rings is 2. The van der Waals surface area contributed by atoms with Crippen LogP contribution in [0, 0.1) is 5.92 Å². The van der Waals surface area contributed by atoms with Crippen molar-refractivity contribution in [2.75, 3.05) is 19.0 Å². The van der Waals surface area contributed by atoms with Gasteiger partial charge in [-0.2, -0.15) is 0 Å². The van der Waals surface area contributed by atoms with Crippen LogP contribution >= 0.6 is 11.6 Å². The highest BCUT2D eigenvalue weighted by molar-refractivity contribution is 6.30. The molecule has 1 saturated carbocycles. The van der Waals surface area contributed by atoms with E-state index in [0.717, 1.165) is 65.3 Å². The topological polar surface area (TPSA) is 73.1 Å². The second-order valence-electron chi connectivity index (χ2n) is 7.86. The van der Waals surface area contributed by atoms with Crippen molar-refractivity contribution in [1.29, 1.82) is 0 Å². The van der Waals surface area contributed by atoms with Crippen LogP contribution in [-0.4, -0.2) is 29.7 Å². The molecule has 3 aromatic rings. The van der Waals surface area contributed by atoms with Crippen LogP contribution in [0.15, 0.2) is 42.5 Å². The van der Waals surface area contributed by atoms with Crippen LogP contribution in [0.3, 0.4) is 0 Å². The molecule has 1 aliphatic rings. The molecule has 6 heteroatoms. The molecule has 0 aliphatic heterocycles. The number of anilines is 1. The third-order valence-electron chi connectivity index (χ3n) is 5.66. The lowest BCUT2D eigenvalue weighted by Crippen LogP contribution is -2.29. The summed E-state index contributed by atoms with van der Waals surface area (Å²) in [5.41, 5.74) is 7.98. The number of fused-ring (bicyclic) bond motifs is 1. The minimum Gasteiger partial charge on any atom is -0.497 e. The van der Waals surface area contributed by atoms with E-state index in [1.807, 2.05) is 54.6 Å². The Morgan fingerprint density at radius 3 is 2.57 bits per heavy atom. The number of rotatable bonds is 6. The Balaban J connectivity index is 1.60. The Morgan fingerprint density at radius 2 is 1.83 bits per heavy atom. The molecule has 1 aliphatic carbocycles. The van der Waals surface area contributed by atoms with Crippen molar-refractivity contribution in [3.05, 3.63) is 58.9 Å². The molecule has 2 aromatic carbocycles. The number of hydrogen-bond donors (Lipinski definition) is 2. The Morgan fingerprint density at radius 1 is 1.07 bits per heavy atom. The summed E-state index contributed by atoms with van der Waals surface area (Å²) in [5.74, 6) is 2.91. The van der Waals surface area contributed by atoms with E-state index in [1.54, 1.807) is 7.11 Å². The van der Waals surface area contributed by atoms with Gasteiger partial charge in [0.25, 0.3) is 0 Å². The van der Waals surface area contributed by atoms with Gasteiger partial charge in [-0.15, -0.1) is 0 Å². The van der Waals surface area contributed by atoms with Crippen molar-refractivity contribution in [3.63, 3.8) is 0 Å². The van der Waals surface area contributed by atoms with Gasteiger partial charge in [0.05, 0.1) is 12.6 Å². The lowest BCUT2D eigenvalue weighted by molar-refractivity contribution is 0.338. The van der Waals surface area contributed by atoms with Crippen molar-refractivity contribution in [3.8, 4) is 5.75 Å². The molecule has 0 unspecified atom stereocenters. The first kappa shape index (κ1) is 20.6. The first-order chi connectivity index (χ1) is 14.6. The SMILES string of the molecule is COc1ccc2nc(C=Cc3ccc(Cl)cc3)nc(NCC3CCC(N)CC3)c2c1. The molecule has 5 nitrogen and oxygen atoms in total. The number of nitrogens with zero attached hydrogens (tertiary/aromatic N) is 2. The smallest absolute Gasteiger partial charge is 0.154 e. The molecule has 1 fully saturated rings. The molecule has 30 heavy (non-hydrogen) atoms. The summed E-state index contributed by atoms with van der Waals surface area (Å²) in [4.78, 5) is 9.51. The zero-order valence-electron chi connectivity index (χ0n) is 17.1. The normalized spacial score (nSPS) is 19.3. The zero-order valence-corrected chi connectivity index (χ0v) is 17.9. The molecule has 3 N–H and O–H groups in total. The number of ether oxygens (including phenoxy) is 1. The third kappa shape index (κ3) is 5.10. The van der Waals surface area contributed by atoms with E-state index in [2.05, 4.69) is 5.32 Å². The summed E-state index contributed by atoms with van der Waals surface area (Å²) < 4.78 is 5.41. The largest absolute Gasteiger partial charge is 0.497 e. The maximum Gasteiger partial charge on any atom is 0.154 e. The quantitative estimate of drug-likeness (QED) is 0.557. The highest BCUT2D eigenvalue weighted by Crippen LogP contribution is 2.28. The summed E-state index contributed by atoms with van der Waals surface area (Å²) in [7, 11) is 1.67. The number of aromatic nitrogens is 2. The second-order valence-corrected chi connectivity index (χ2v) is 8.30. The average molecular weight is 423 g/mol. The van der Waals surface area contributed by atoms with E-state index < -0.39 is 0 Å². The molecule has 4 rings (SSSR count). The maximum absolute atomic E-state index is 6.05. The van der Waals surface area contributed by atoms with E-state index in [9.17, 15) is 0 Å². The number of hydrogen-bond acceptors (Lipinski definition) is 5. The van der Waals surface area contributed by atoms with Gasteiger partial charge in [0.2, 0.25) is 0 Å². The van der Waals surface area contributed by atoms with E-state index in [1.165, 1.54) is 0 Å². The zero-order chi connectivity index (χ0) is 20.9. The Hall–Kier alpha value is -2.63. The number of halogens is 1. The minimum atomic E-state index is 0.356. The fourth-order valence-electron chi connectivity index (χ4n) is 3.84. The van der Waals surface area contributed by atoms with Crippen LogP contribution in [0.1, 0.15) is 37.1 Å². The van der Waals surface area contributed by atoms with Crippen LogP contribution < -0.4 is 15.8 Å². The summed E-state index contributed by atoms with van der Waals surface area (Å²) in [6, 6.07) is 13.9. The van der Waals surface area contributed by atoms with Crippen LogP contribution in [-0.2, 0) is 0 Å². The molecule has 1 aromatic heterocycles. The molecule has 0 bridgehead atoms. The monoisotopic (exact) mass is 422 g/mol. The molecule has 156 valence electrons. The van der Waals surface area contributed by atoms with Crippen LogP contribution in [0.5, 0.6) is 5.75 Å². The first-order valence-electron chi connectivity index (χ1n) is 10.4. The van der Waals surface area contributed by atoms with Crippen LogP contribution in [0.25, 0.3) is 23.1 Å². The number of nitrogens with one attached hydrogen (secondary N) is 1. The van der Waals surface area contributed by atoms with Gasteiger partial charge in [-0.3, -0.25) is 0 Å². The molecule has 0 atom stereocenters. The summed E-state index contributed by atoms with van der Waals surface area (Å²) in [5, 5.41) is 5.25. The first-order valence-corrected chi connectivity index (χ1v) is 10.8. The summed E-state index contributed by atoms with van der Waals surface area (Å²) >= 11 is 5.97. The van der Waals surface area contributed by atoms with E-state index in [4.69, 9.17) is 32.0 Å². The van der Waals surface area contributed by atoms with Gasteiger partial charge >= 0.3 is 0 Å². The molecular formula is C24H27ClN4O. The molecule has 0 saturated heterocycles.